The largest absolute Gasteiger partial charge is 0.462 e. The molecule has 0 fully saturated rings. The fourth-order valence-electron chi connectivity index (χ4n) is 2.19. The molecular weight excluding hydrogens is 298 g/mol. The van der Waals surface area contributed by atoms with Crippen molar-refractivity contribution in [2.45, 2.75) is 27.7 Å². The Balaban J connectivity index is 2.18. The van der Waals surface area contributed by atoms with Gasteiger partial charge in [-0.3, -0.25) is 4.79 Å². The predicted octanol–water partition coefficient (Wildman–Crippen LogP) is 4.10. The Hall–Kier alpha value is -2.14. The quantitative estimate of drug-likeness (QED) is 0.864. The second-order valence-corrected chi connectivity index (χ2v) is 6.17. The van der Waals surface area contributed by atoms with Crippen molar-refractivity contribution < 1.29 is 14.3 Å². The first-order valence-electron chi connectivity index (χ1n) is 7.08. The van der Waals surface area contributed by atoms with Crippen molar-refractivity contribution in [2.24, 2.45) is 0 Å². The molecule has 5 heteroatoms. The van der Waals surface area contributed by atoms with Crippen LogP contribution in [0.4, 0.5) is 5.00 Å². The second kappa shape index (κ2) is 6.75. The van der Waals surface area contributed by atoms with Gasteiger partial charge in [0.25, 0.3) is 5.91 Å². The van der Waals surface area contributed by atoms with Gasteiger partial charge in [0.2, 0.25) is 0 Å². The maximum absolute atomic E-state index is 12.3. The summed E-state index contributed by atoms with van der Waals surface area (Å²) in [7, 11) is 0. The minimum atomic E-state index is -0.350. The van der Waals surface area contributed by atoms with E-state index in [-0.39, 0.29) is 11.9 Å². The maximum Gasteiger partial charge on any atom is 0.348 e. The van der Waals surface area contributed by atoms with Gasteiger partial charge in [0.05, 0.1) is 11.6 Å². The van der Waals surface area contributed by atoms with Crippen LogP contribution in [-0.4, -0.2) is 18.5 Å². The lowest BCUT2D eigenvalue weighted by Crippen LogP contribution is -2.12. The Labute approximate surface area is 134 Å². The average Bonchev–Trinajstić information content (AvgIpc) is 2.79. The molecule has 116 valence electrons. The first-order chi connectivity index (χ1) is 10.4. The van der Waals surface area contributed by atoms with E-state index in [0.717, 1.165) is 16.7 Å². The summed E-state index contributed by atoms with van der Waals surface area (Å²) in [5.41, 5.74) is 3.48. The molecule has 2 aromatic rings. The number of thiophene rings is 1. The zero-order valence-electron chi connectivity index (χ0n) is 13.1. The highest BCUT2D eigenvalue weighted by molar-refractivity contribution is 7.18. The molecular formula is C17H19NO3S. The predicted molar refractivity (Wildman–Crippen MR) is 88.9 cm³/mol. The van der Waals surface area contributed by atoms with Crippen molar-refractivity contribution in [1.82, 2.24) is 0 Å². The Kier molecular flexibility index (Phi) is 4.98. The molecule has 1 amide bonds. The molecule has 0 aliphatic rings. The monoisotopic (exact) mass is 317 g/mol. The summed E-state index contributed by atoms with van der Waals surface area (Å²) < 4.78 is 5.00. The van der Waals surface area contributed by atoms with Crippen LogP contribution in [0.1, 0.15) is 43.6 Å². The lowest BCUT2D eigenvalue weighted by Gasteiger charge is -2.06. The lowest BCUT2D eigenvalue weighted by atomic mass is 10.1. The number of esters is 1. The van der Waals surface area contributed by atoms with Crippen molar-refractivity contribution in [3.8, 4) is 0 Å². The van der Waals surface area contributed by atoms with E-state index in [2.05, 4.69) is 5.32 Å². The van der Waals surface area contributed by atoms with Crippen LogP contribution in [0.3, 0.4) is 0 Å². The van der Waals surface area contributed by atoms with Crippen LogP contribution in [0.25, 0.3) is 0 Å². The summed E-state index contributed by atoms with van der Waals surface area (Å²) in [6.07, 6.45) is 0. The van der Waals surface area contributed by atoms with E-state index < -0.39 is 0 Å². The second-order valence-electron chi connectivity index (χ2n) is 5.12. The van der Waals surface area contributed by atoms with E-state index in [9.17, 15) is 9.59 Å². The van der Waals surface area contributed by atoms with Crippen molar-refractivity contribution in [3.05, 3.63) is 51.4 Å². The van der Waals surface area contributed by atoms with Gasteiger partial charge in [-0.05, 0) is 51.0 Å². The normalized spacial score (nSPS) is 10.4. The number of ether oxygens (including phenoxy) is 1. The zero-order valence-corrected chi connectivity index (χ0v) is 14.0. The summed E-state index contributed by atoms with van der Waals surface area (Å²) in [5, 5.41) is 3.49. The van der Waals surface area contributed by atoms with Gasteiger partial charge in [-0.2, -0.15) is 0 Å². The summed E-state index contributed by atoms with van der Waals surface area (Å²) in [6, 6.07) is 7.48. The number of rotatable bonds is 4. The van der Waals surface area contributed by atoms with Gasteiger partial charge in [-0.25, -0.2) is 4.79 Å². The standard InChI is InChI=1S/C17H19NO3S/c1-5-21-17(20)15-12(4)9-14(22-15)18-16(19)13-7-6-10(2)8-11(13)3/h6-9H,5H2,1-4H3,(H,18,19). The van der Waals surface area contributed by atoms with E-state index in [1.165, 1.54) is 11.3 Å². The molecule has 0 unspecified atom stereocenters. The number of aryl methyl sites for hydroxylation is 3. The highest BCUT2D eigenvalue weighted by atomic mass is 32.1. The first-order valence-corrected chi connectivity index (χ1v) is 7.90. The zero-order chi connectivity index (χ0) is 16.3. The molecule has 0 atom stereocenters. The molecule has 4 nitrogen and oxygen atoms in total. The molecule has 1 aromatic carbocycles. The van der Waals surface area contributed by atoms with Gasteiger partial charge in [0.15, 0.2) is 0 Å². The van der Waals surface area contributed by atoms with Gasteiger partial charge < -0.3 is 10.1 Å². The van der Waals surface area contributed by atoms with Crippen LogP contribution >= 0.6 is 11.3 Å². The van der Waals surface area contributed by atoms with Crippen molar-refractivity contribution in [2.75, 3.05) is 11.9 Å². The highest BCUT2D eigenvalue weighted by Gasteiger charge is 2.17. The molecule has 0 spiro atoms. The van der Waals surface area contributed by atoms with E-state index in [4.69, 9.17) is 4.74 Å². The number of carbonyl (C=O) groups is 2. The SMILES string of the molecule is CCOC(=O)c1sc(NC(=O)c2ccc(C)cc2C)cc1C. The molecule has 0 aliphatic carbocycles. The Bertz CT molecular complexity index is 719. The highest BCUT2D eigenvalue weighted by Crippen LogP contribution is 2.28. The van der Waals surface area contributed by atoms with Gasteiger partial charge in [-0.1, -0.05) is 17.7 Å². The molecule has 0 saturated heterocycles. The van der Waals surface area contributed by atoms with Crippen molar-refractivity contribution >= 4 is 28.2 Å². The molecule has 0 saturated carbocycles. The smallest absolute Gasteiger partial charge is 0.348 e. The fraction of sp³-hybridized carbons (Fsp3) is 0.294. The molecule has 22 heavy (non-hydrogen) atoms. The van der Waals surface area contributed by atoms with Crippen molar-refractivity contribution in [1.29, 1.82) is 0 Å². The molecule has 0 aliphatic heterocycles. The number of carbonyl (C=O) groups excluding carboxylic acids is 2. The summed E-state index contributed by atoms with van der Waals surface area (Å²) in [4.78, 5) is 24.7. The Morgan fingerprint density at radius 3 is 2.50 bits per heavy atom. The number of amides is 1. The number of hydrogen-bond donors (Lipinski definition) is 1. The summed E-state index contributed by atoms with van der Waals surface area (Å²) in [5.74, 6) is -0.522. The Morgan fingerprint density at radius 2 is 1.86 bits per heavy atom. The van der Waals surface area contributed by atoms with Gasteiger partial charge >= 0.3 is 5.97 Å². The van der Waals surface area contributed by atoms with E-state index in [1.54, 1.807) is 13.0 Å². The Morgan fingerprint density at radius 1 is 1.14 bits per heavy atom. The topological polar surface area (TPSA) is 55.4 Å². The summed E-state index contributed by atoms with van der Waals surface area (Å²) in [6.45, 7) is 7.83. The molecule has 1 heterocycles. The van der Waals surface area contributed by atoms with Crippen LogP contribution in [0.15, 0.2) is 24.3 Å². The average molecular weight is 317 g/mol. The van der Waals surface area contributed by atoms with Crippen LogP contribution < -0.4 is 5.32 Å². The third-order valence-electron chi connectivity index (χ3n) is 3.24. The van der Waals surface area contributed by atoms with E-state index in [0.29, 0.717) is 22.0 Å². The minimum Gasteiger partial charge on any atom is -0.462 e. The van der Waals surface area contributed by atoms with Crippen LogP contribution in [0.2, 0.25) is 0 Å². The van der Waals surface area contributed by atoms with Gasteiger partial charge in [0, 0.05) is 5.56 Å². The lowest BCUT2D eigenvalue weighted by molar-refractivity contribution is 0.0531. The number of hydrogen-bond acceptors (Lipinski definition) is 4. The third kappa shape index (κ3) is 3.54. The van der Waals surface area contributed by atoms with Gasteiger partial charge in [-0.15, -0.1) is 11.3 Å². The van der Waals surface area contributed by atoms with Crippen molar-refractivity contribution in [3.63, 3.8) is 0 Å². The molecule has 1 aromatic heterocycles. The van der Waals surface area contributed by atoms with Crippen LogP contribution in [0.5, 0.6) is 0 Å². The first kappa shape index (κ1) is 16.2. The molecule has 0 radical (unpaired) electrons. The third-order valence-corrected chi connectivity index (χ3v) is 4.37. The number of anilines is 1. The minimum absolute atomic E-state index is 0.172. The molecule has 1 N–H and O–H groups in total. The maximum atomic E-state index is 12.3. The summed E-state index contributed by atoms with van der Waals surface area (Å²) >= 11 is 1.23. The molecule has 0 bridgehead atoms. The van der Waals surface area contributed by atoms with Crippen LogP contribution in [-0.2, 0) is 4.74 Å². The van der Waals surface area contributed by atoms with Gasteiger partial charge in [0.1, 0.15) is 4.88 Å². The van der Waals surface area contributed by atoms with Crippen LogP contribution in [0, 0.1) is 20.8 Å². The van der Waals surface area contributed by atoms with E-state index >= 15 is 0 Å². The van der Waals surface area contributed by atoms with E-state index in [1.807, 2.05) is 39.0 Å². The fourth-order valence-corrected chi connectivity index (χ4v) is 3.15. The number of benzene rings is 1. The molecule has 2 rings (SSSR count). The number of nitrogens with one attached hydrogen (secondary N) is 1.